The van der Waals surface area contributed by atoms with Crippen LogP contribution in [-0.4, -0.2) is 28.9 Å². The molecule has 6 heteroatoms. The first-order chi connectivity index (χ1) is 7.79. The number of methoxy groups -OCH3 is 1. The minimum absolute atomic E-state index is 0.261. The predicted octanol–water partition coefficient (Wildman–Crippen LogP) is 2.67. The van der Waals surface area contributed by atoms with Crippen LogP contribution >= 0.6 is 23.1 Å². The van der Waals surface area contributed by atoms with E-state index >= 15 is 0 Å². The Morgan fingerprint density at radius 3 is 2.94 bits per heavy atom. The van der Waals surface area contributed by atoms with Gasteiger partial charge in [-0.05, 0) is 25.7 Å². The molecule has 0 saturated heterocycles. The molecule has 4 nitrogen and oxygen atoms in total. The maximum Gasteiger partial charge on any atom is 0.139 e. The molecule has 2 atom stereocenters. The monoisotopic (exact) mass is 262 g/mol. The summed E-state index contributed by atoms with van der Waals surface area (Å²) >= 11 is 7.10. The highest BCUT2D eigenvalue weighted by Crippen LogP contribution is 2.25. The van der Waals surface area contributed by atoms with Gasteiger partial charge in [0.1, 0.15) is 10.0 Å². The maximum absolute atomic E-state index is 5.90. The van der Waals surface area contributed by atoms with Gasteiger partial charge >= 0.3 is 0 Å². The molecule has 0 aromatic carbocycles. The molecule has 0 aliphatic heterocycles. The van der Waals surface area contributed by atoms with Crippen LogP contribution in [0, 0.1) is 0 Å². The Morgan fingerprint density at radius 2 is 2.25 bits per heavy atom. The quantitative estimate of drug-likeness (QED) is 0.837. The van der Waals surface area contributed by atoms with Crippen molar-refractivity contribution in [2.75, 3.05) is 7.11 Å². The van der Waals surface area contributed by atoms with E-state index in [0.29, 0.717) is 17.0 Å². The third-order valence-corrected chi connectivity index (χ3v) is 3.86. The maximum atomic E-state index is 5.90. The van der Waals surface area contributed by atoms with Gasteiger partial charge in [-0.25, -0.2) is 0 Å². The molecule has 1 saturated carbocycles. The minimum Gasteiger partial charge on any atom is -0.381 e. The van der Waals surface area contributed by atoms with Crippen LogP contribution < -0.4 is 0 Å². The SMILES string of the molecule is COC1CCCC(OCc2nnsc2Cl)C1. The van der Waals surface area contributed by atoms with Crippen LogP contribution in [0.15, 0.2) is 0 Å². The minimum atomic E-state index is 0.261. The molecule has 0 bridgehead atoms. The third-order valence-electron chi connectivity index (χ3n) is 2.88. The second kappa shape index (κ2) is 5.91. The van der Waals surface area contributed by atoms with Crippen molar-refractivity contribution in [3.63, 3.8) is 0 Å². The van der Waals surface area contributed by atoms with E-state index < -0.39 is 0 Å². The van der Waals surface area contributed by atoms with Crippen molar-refractivity contribution in [1.29, 1.82) is 0 Å². The molecule has 1 heterocycles. The van der Waals surface area contributed by atoms with Crippen LogP contribution in [-0.2, 0) is 16.1 Å². The van der Waals surface area contributed by atoms with E-state index in [-0.39, 0.29) is 6.10 Å². The standard InChI is InChI=1S/C10H15ClN2O2S/c1-14-7-3-2-4-8(5-7)15-6-9-10(11)16-13-12-9/h7-8H,2-6H2,1H3. The van der Waals surface area contributed by atoms with Crippen LogP contribution in [0.25, 0.3) is 0 Å². The van der Waals surface area contributed by atoms with Gasteiger partial charge in [0.25, 0.3) is 0 Å². The molecule has 0 spiro atoms. The lowest BCUT2D eigenvalue weighted by molar-refractivity contribution is -0.0371. The molecule has 1 aromatic rings. The molecule has 2 rings (SSSR count). The van der Waals surface area contributed by atoms with Crippen LogP contribution in [0.2, 0.25) is 4.34 Å². The molecule has 1 fully saturated rings. The van der Waals surface area contributed by atoms with E-state index in [4.69, 9.17) is 21.1 Å². The summed E-state index contributed by atoms with van der Waals surface area (Å²) < 4.78 is 15.5. The summed E-state index contributed by atoms with van der Waals surface area (Å²) in [6, 6.07) is 0. The Hall–Kier alpha value is -0.230. The van der Waals surface area contributed by atoms with Gasteiger partial charge in [-0.2, -0.15) is 0 Å². The second-order valence-corrected chi connectivity index (χ2v) is 5.31. The van der Waals surface area contributed by atoms with E-state index in [1.165, 1.54) is 11.5 Å². The number of nitrogens with zero attached hydrogens (tertiary/aromatic N) is 2. The molecule has 1 aromatic heterocycles. The molecular weight excluding hydrogens is 248 g/mol. The molecule has 90 valence electrons. The fourth-order valence-corrected chi connectivity index (χ4v) is 2.55. The average molecular weight is 263 g/mol. The summed E-state index contributed by atoms with van der Waals surface area (Å²) in [5.74, 6) is 0. The average Bonchev–Trinajstić information content (AvgIpc) is 2.72. The number of ether oxygens (including phenoxy) is 2. The van der Waals surface area contributed by atoms with E-state index in [0.717, 1.165) is 31.4 Å². The van der Waals surface area contributed by atoms with Gasteiger partial charge < -0.3 is 9.47 Å². The van der Waals surface area contributed by atoms with Crippen molar-refractivity contribution in [2.24, 2.45) is 0 Å². The summed E-state index contributed by atoms with van der Waals surface area (Å²) in [7, 11) is 1.76. The largest absolute Gasteiger partial charge is 0.381 e. The molecule has 1 aliphatic carbocycles. The Bertz CT molecular complexity index is 334. The summed E-state index contributed by atoms with van der Waals surface area (Å²) in [5.41, 5.74) is 0.742. The molecule has 2 unspecified atom stereocenters. The molecule has 1 aliphatic rings. The zero-order valence-electron chi connectivity index (χ0n) is 9.19. The Balaban J connectivity index is 1.79. The lowest BCUT2D eigenvalue weighted by atomic mass is 9.95. The molecule has 16 heavy (non-hydrogen) atoms. The zero-order chi connectivity index (χ0) is 11.4. The van der Waals surface area contributed by atoms with Crippen molar-refractivity contribution in [3.05, 3.63) is 10.0 Å². The van der Waals surface area contributed by atoms with Gasteiger partial charge in [0.05, 0.1) is 18.8 Å². The van der Waals surface area contributed by atoms with Gasteiger partial charge in [-0.1, -0.05) is 16.1 Å². The Morgan fingerprint density at radius 1 is 1.44 bits per heavy atom. The topological polar surface area (TPSA) is 44.2 Å². The van der Waals surface area contributed by atoms with E-state index in [1.807, 2.05) is 0 Å². The summed E-state index contributed by atoms with van der Waals surface area (Å²) in [6.07, 6.45) is 4.95. The summed E-state index contributed by atoms with van der Waals surface area (Å²) in [4.78, 5) is 0. The third kappa shape index (κ3) is 3.13. The van der Waals surface area contributed by atoms with E-state index in [2.05, 4.69) is 9.59 Å². The van der Waals surface area contributed by atoms with Crippen molar-refractivity contribution in [3.8, 4) is 0 Å². The van der Waals surface area contributed by atoms with Gasteiger partial charge in [-0.15, -0.1) is 5.10 Å². The molecular formula is C10H15ClN2O2S. The smallest absolute Gasteiger partial charge is 0.139 e. The highest BCUT2D eigenvalue weighted by molar-refractivity contribution is 7.10. The number of hydrogen-bond acceptors (Lipinski definition) is 5. The normalized spacial score (nSPS) is 25.9. The van der Waals surface area contributed by atoms with Crippen molar-refractivity contribution in [1.82, 2.24) is 9.59 Å². The van der Waals surface area contributed by atoms with Crippen molar-refractivity contribution in [2.45, 2.75) is 44.5 Å². The van der Waals surface area contributed by atoms with Crippen LogP contribution in [0.1, 0.15) is 31.4 Å². The first-order valence-corrected chi connectivity index (χ1v) is 6.56. The fraction of sp³-hybridized carbons (Fsp3) is 0.800. The van der Waals surface area contributed by atoms with Gasteiger partial charge in [0.15, 0.2) is 0 Å². The van der Waals surface area contributed by atoms with E-state index in [9.17, 15) is 0 Å². The van der Waals surface area contributed by atoms with Crippen LogP contribution in [0.4, 0.5) is 0 Å². The first-order valence-electron chi connectivity index (χ1n) is 5.40. The Kier molecular flexibility index (Phi) is 4.52. The highest BCUT2D eigenvalue weighted by atomic mass is 35.5. The number of aromatic nitrogens is 2. The lowest BCUT2D eigenvalue weighted by Crippen LogP contribution is -2.27. The van der Waals surface area contributed by atoms with E-state index in [1.54, 1.807) is 7.11 Å². The molecule has 0 radical (unpaired) electrons. The molecule has 0 amide bonds. The van der Waals surface area contributed by atoms with Gasteiger partial charge in [-0.3, -0.25) is 0 Å². The number of hydrogen-bond donors (Lipinski definition) is 0. The van der Waals surface area contributed by atoms with Gasteiger partial charge in [0.2, 0.25) is 0 Å². The highest BCUT2D eigenvalue weighted by Gasteiger charge is 2.22. The van der Waals surface area contributed by atoms with Crippen LogP contribution in [0.3, 0.4) is 0 Å². The predicted molar refractivity (Wildman–Crippen MR) is 62.8 cm³/mol. The summed E-state index contributed by atoms with van der Waals surface area (Å²) in [5, 5.41) is 3.92. The first kappa shape index (κ1) is 12.2. The van der Waals surface area contributed by atoms with Crippen molar-refractivity contribution < 1.29 is 9.47 Å². The van der Waals surface area contributed by atoms with Crippen molar-refractivity contribution >= 4 is 23.1 Å². The number of rotatable bonds is 4. The molecule has 0 N–H and O–H groups in total. The zero-order valence-corrected chi connectivity index (χ0v) is 10.8. The number of halogens is 1. The summed E-state index contributed by atoms with van der Waals surface area (Å²) in [6.45, 7) is 0.455. The van der Waals surface area contributed by atoms with Gasteiger partial charge in [0, 0.05) is 18.6 Å². The van der Waals surface area contributed by atoms with Crippen LogP contribution in [0.5, 0.6) is 0 Å². The fourth-order valence-electron chi connectivity index (χ4n) is 1.95. The lowest BCUT2D eigenvalue weighted by Gasteiger charge is -2.27. The second-order valence-electron chi connectivity index (χ2n) is 3.95. The Labute approximate surface area is 104 Å².